The number of likely N-dealkylation sites (tertiary alicyclic amines) is 1. The fourth-order valence-corrected chi connectivity index (χ4v) is 5.01. The number of carboxylic acids is 1. The molecule has 2 atom stereocenters. The van der Waals surface area contributed by atoms with Gasteiger partial charge in [0.25, 0.3) is 0 Å². The summed E-state index contributed by atoms with van der Waals surface area (Å²) in [5.41, 5.74) is 6.02. The molecule has 4 nitrogen and oxygen atoms in total. The molecule has 2 heterocycles. The maximum Gasteiger partial charge on any atom is 0.310 e. The van der Waals surface area contributed by atoms with Gasteiger partial charge in [-0.15, -0.1) is 0 Å². The first-order valence-electron chi connectivity index (χ1n) is 11.0. The van der Waals surface area contributed by atoms with Gasteiger partial charge in [0, 0.05) is 37.0 Å². The Balaban J connectivity index is 1.67. The van der Waals surface area contributed by atoms with Crippen LogP contribution in [0.15, 0.2) is 47.6 Å². The maximum absolute atomic E-state index is 11.5. The van der Waals surface area contributed by atoms with Gasteiger partial charge in [-0.1, -0.05) is 41.0 Å². The zero-order valence-corrected chi connectivity index (χ0v) is 18.6. The highest BCUT2D eigenvalue weighted by Gasteiger charge is 2.34. The molecule has 160 valence electrons. The number of aliphatic carboxylic acids is 1. The first-order chi connectivity index (χ1) is 14.2. The number of hydrogen-bond acceptors (Lipinski definition) is 3. The van der Waals surface area contributed by atoms with E-state index in [2.05, 4.69) is 55.2 Å². The van der Waals surface area contributed by atoms with E-state index >= 15 is 0 Å². The predicted molar refractivity (Wildman–Crippen MR) is 121 cm³/mol. The van der Waals surface area contributed by atoms with Crippen molar-refractivity contribution in [1.29, 1.82) is 0 Å². The lowest BCUT2D eigenvalue weighted by atomic mass is 9.75. The van der Waals surface area contributed by atoms with Gasteiger partial charge in [0.2, 0.25) is 0 Å². The summed E-state index contributed by atoms with van der Waals surface area (Å²) >= 11 is 0. The van der Waals surface area contributed by atoms with Crippen LogP contribution >= 0.6 is 0 Å². The van der Waals surface area contributed by atoms with Gasteiger partial charge in [0.05, 0.1) is 12.0 Å². The lowest BCUT2D eigenvalue weighted by Crippen LogP contribution is -2.42. The smallest absolute Gasteiger partial charge is 0.310 e. The number of aryl methyl sites for hydroxylation is 1. The third-order valence-corrected chi connectivity index (χ3v) is 6.73. The Morgan fingerprint density at radius 2 is 1.97 bits per heavy atom. The van der Waals surface area contributed by atoms with Crippen molar-refractivity contribution < 1.29 is 14.6 Å². The van der Waals surface area contributed by atoms with Crippen molar-refractivity contribution in [3.8, 4) is 5.75 Å². The van der Waals surface area contributed by atoms with Crippen LogP contribution in [0.5, 0.6) is 5.75 Å². The van der Waals surface area contributed by atoms with Gasteiger partial charge >= 0.3 is 5.97 Å². The molecule has 0 radical (unpaired) electrons. The summed E-state index contributed by atoms with van der Waals surface area (Å²) in [4.78, 5) is 13.8. The van der Waals surface area contributed by atoms with E-state index in [1.165, 1.54) is 27.8 Å². The van der Waals surface area contributed by atoms with Crippen LogP contribution in [0.2, 0.25) is 0 Å². The standard InChI is InChI=1S/C26H33NO3/c1-17-5-7-21-20(13-17)15-30-23-8-6-18(2)14-22(23)24(21)19-9-11-27(12-10-19)16-26(3,4)25(28)29/h5-8,13-14,20-21H,9-12,15-16H2,1-4H3,(H,28,29). The molecule has 30 heavy (non-hydrogen) atoms. The van der Waals surface area contributed by atoms with Crippen LogP contribution in [-0.4, -0.2) is 42.2 Å². The number of carbonyl (C=O) groups is 1. The third kappa shape index (κ3) is 4.11. The predicted octanol–water partition coefficient (Wildman–Crippen LogP) is 5.10. The van der Waals surface area contributed by atoms with E-state index in [9.17, 15) is 9.90 Å². The minimum absolute atomic E-state index is 0.341. The van der Waals surface area contributed by atoms with E-state index in [0.717, 1.165) is 31.7 Å². The largest absolute Gasteiger partial charge is 0.492 e. The molecular weight excluding hydrogens is 374 g/mol. The number of piperidine rings is 1. The number of nitrogens with zero attached hydrogens (tertiary/aromatic N) is 1. The van der Waals surface area contributed by atoms with Gasteiger partial charge in [-0.25, -0.2) is 0 Å². The summed E-state index contributed by atoms with van der Waals surface area (Å²) in [5.74, 6) is 0.962. The number of allylic oxidation sites excluding steroid dienone is 4. The Morgan fingerprint density at radius 3 is 2.67 bits per heavy atom. The number of rotatable bonds is 3. The molecular formula is C26H33NO3. The third-order valence-electron chi connectivity index (χ3n) is 6.73. The minimum atomic E-state index is -0.727. The summed E-state index contributed by atoms with van der Waals surface area (Å²) in [7, 11) is 0. The highest BCUT2D eigenvalue weighted by atomic mass is 16.5. The van der Waals surface area contributed by atoms with Gasteiger partial charge in [0.15, 0.2) is 0 Å². The summed E-state index contributed by atoms with van der Waals surface area (Å²) in [6, 6.07) is 6.52. The van der Waals surface area contributed by atoms with Crippen molar-refractivity contribution in [3.63, 3.8) is 0 Å². The average Bonchev–Trinajstić information content (AvgIpc) is 2.84. The molecule has 4 heteroatoms. The Labute approximate surface area is 179 Å². The van der Waals surface area contributed by atoms with Crippen molar-refractivity contribution in [1.82, 2.24) is 4.90 Å². The molecule has 0 spiro atoms. The maximum atomic E-state index is 11.5. The Bertz CT molecular complexity index is 928. The van der Waals surface area contributed by atoms with Crippen LogP contribution in [0.3, 0.4) is 0 Å². The topological polar surface area (TPSA) is 49.8 Å². The molecule has 3 aliphatic rings. The number of carboxylic acid groups (broad SMARTS) is 1. The van der Waals surface area contributed by atoms with E-state index < -0.39 is 11.4 Å². The van der Waals surface area contributed by atoms with Crippen LogP contribution in [0, 0.1) is 24.2 Å². The number of benzene rings is 1. The molecule has 0 saturated carbocycles. The molecule has 2 aliphatic heterocycles. The van der Waals surface area contributed by atoms with Gasteiger partial charge < -0.3 is 14.7 Å². The first-order valence-corrected chi connectivity index (χ1v) is 11.0. The lowest BCUT2D eigenvalue weighted by Gasteiger charge is -2.35. The molecule has 2 unspecified atom stereocenters. The van der Waals surface area contributed by atoms with Gasteiger partial charge in [-0.2, -0.15) is 0 Å². The van der Waals surface area contributed by atoms with Crippen molar-refractivity contribution in [2.75, 3.05) is 26.2 Å². The second kappa shape index (κ2) is 8.07. The molecule has 0 amide bonds. The average molecular weight is 408 g/mol. The highest BCUT2D eigenvalue weighted by molar-refractivity contribution is 5.78. The normalized spacial score (nSPS) is 24.5. The molecule has 1 saturated heterocycles. The van der Waals surface area contributed by atoms with Gasteiger partial charge in [0.1, 0.15) is 5.75 Å². The van der Waals surface area contributed by atoms with Crippen LogP contribution in [0.4, 0.5) is 0 Å². The van der Waals surface area contributed by atoms with E-state index in [-0.39, 0.29) is 0 Å². The second-order valence-corrected chi connectivity index (χ2v) is 9.75. The molecule has 1 aromatic carbocycles. The SMILES string of the molecule is CC1=CC2COc3ccc(C)cc3C(=C3CCN(CC(C)(C)C(=O)O)CC3)C2C=C1. The van der Waals surface area contributed by atoms with E-state index in [1.807, 2.05) is 13.8 Å². The number of hydrogen-bond donors (Lipinski definition) is 1. The fraction of sp³-hybridized carbons (Fsp3) is 0.500. The van der Waals surface area contributed by atoms with E-state index in [0.29, 0.717) is 25.0 Å². The van der Waals surface area contributed by atoms with Crippen LogP contribution in [0.1, 0.15) is 44.7 Å². The second-order valence-electron chi connectivity index (χ2n) is 9.75. The summed E-state index contributed by atoms with van der Waals surface area (Å²) in [6.45, 7) is 11.1. The molecule has 1 N–H and O–H groups in total. The van der Waals surface area contributed by atoms with Crippen LogP contribution < -0.4 is 4.74 Å². The Morgan fingerprint density at radius 1 is 1.23 bits per heavy atom. The molecule has 4 rings (SSSR count). The highest BCUT2D eigenvalue weighted by Crippen LogP contribution is 2.45. The van der Waals surface area contributed by atoms with Crippen molar-refractivity contribution in [2.45, 2.75) is 40.5 Å². The zero-order valence-electron chi connectivity index (χ0n) is 18.6. The van der Waals surface area contributed by atoms with Gasteiger partial charge in [-0.05, 0) is 58.2 Å². The fourth-order valence-electron chi connectivity index (χ4n) is 5.01. The van der Waals surface area contributed by atoms with E-state index in [1.54, 1.807) is 0 Å². The Kier molecular flexibility index (Phi) is 5.63. The van der Waals surface area contributed by atoms with Crippen molar-refractivity contribution in [2.24, 2.45) is 17.3 Å². The minimum Gasteiger partial charge on any atom is -0.492 e. The van der Waals surface area contributed by atoms with E-state index in [4.69, 9.17) is 4.74 Å². The monoisotopic (exact) mass is 407 g/mol. The quantitative estimate of drug-likeness (QED) is 0.758. The molecule has 1 aliphatic carbocycles. The summed E-state index contributed by atoms with van der Waals surface area (Å²) in [6.07, 6.45) is 8.93. The molecule has 1 aromatic rings. The summed E-state index contributed by atoms with van der Waals surface area (Å²) < 4.78 is 6.27. The number of ether oxygens (including phenoxy) is 1. The van der Waals surface area contributed by atoms with Crippen molar-refractivity contribution in [3.05, 3.63) is 58.7 Å². The first kappa shape index (κ1) is 20.9. The number of fused-ring (bicyclic) bond motifs is 2. The Hall–Kier alpha value is -2.33. The lowest BCUT2D eigenvalue weighted by molar-refractivity contribution is -0.148. The molecule has 1 fully saturated rings. The van der Waals surface area contributed by atoms with Crippen LogP contribution in [0.25, 0.3) is 5.57 Å². The van der Waals surface area contributed by atoms with Crippen molar-refractivity contribution >= 4 is 11.5 Å². The van der Waals surface area contributed by atoms with Gasteiger partial charge in [-0.3, -0.25) is 4.79 Å². The summed E-state index contributed by atoms with van der Waals surface area (Å²) in [5, 5.41) is 9.48. The zero-order chi connectivity index (χ0) is 21.5. The molecule has 0 bridgehead atoms. The van der Waals surface area contributed by atoms with Crippen LogP contribution in [-0.2, 0) is 4.79 Å². The molecule has 0 aromatic heterocycles.